The summed E-state index contributed by atoms with van der Waals surface area (Å²) in [7, 11) is 0. The molecule has 0 radical (unpaired) electrons. The van der Waals surface area contributed by atoms with Crippen molar-refractivity contribution < 1.29 is 28.7 Å². The van der Waals surface area contributed by atoms with Gasteiger partial charge in [0.1, 0.15) is 17.3 Å². The van der Waals surface area contributed by atoms with Crippen LogP contribution in [0.25, 0.3) is 0 Å². The van der Waals surface area contributed by atoms with Gasteiger partial charge in [0.15, 0.2) is 6.79 Å². The van der Waals surface area contributed by atoms with Gasteiger partial charge in [-0.25, -0.2) is 0 Å². The van der Waals surface area contributed by atoms with E-state index in [-0.39, 0.29) is 59.5 Å². The molecular formula is C35H50O6. The molecule has 8 rings (SSSR count). The van der Waals surface area contributed by atoms with E-state index in [2.05, 4.69) is 20.8 Å². The minimum atomic E-state index is -0.504. The predicted octanol–water partition coefficient (Wildman–Crippen LogP) is 6.33. The first-order valence-corrected chi connectivity index (χ1v) is 16.8. The van der Waals surface area contributed by atoms with Crippen molar-refractivity contribution in [3.05, 3.63) is 0 Å². The van der Waals surface area contributed by atoms with Gasteiger partial charge in [-0.1, -0.05) is 20.8 Å². The van der Waals surface area contributed by atoms with Crippen LogP contribution in [0.1, 0.15) is 111 Å². The SMILES string of the molecule is CC(CCC(=O)OCOCC12CC3CC(CC1C3)C2)C1CCC2C3C(=O)CC4CC(=O)CCC4(C)C3CC(=O)C12C. The van der Waals surface area contributed by atoms with E-state index in [0.717, 1.165) is 43.6 Å². The molecule has 8 aliphatic rings. The summed E-state index contributed by atoms with van der Waals surface area (Å²) in [6.45, 7) is 7.35. The third-order valence-corrected chi connectivity index (χ3v) is 14.6. The third kappa shape index (κ3) is 4.34. The summed E-state index contributed by atoms with van der Waals surface area (Å²) in [4.78, 5) is 52.5. The number of hydrogen-bond donors (Lipinski definition) is 0. The maximum atomic E-state index is 14.0. The standard InChI is InChI=1S/C35H50O6/c1-20(4-7-31(39)41-19-40-18-35-16-21-10-22(17-35)12-24(35)11-21)26-5-6-27-32-28(15-30(38)34(26,27)3)33(2)9-8-25(36)13-23(33)14-29(32)37/h20-24,26-28,32H,4-19H2,1-3H3. The first kappa shape index (κ1) is 28.2. The van der Waals surface area contributed by atoms with Crippen LogP contribution in [0.4, 0.5) is 0 Å². The second-order valence-corrected chi connectivity index (χ2v) is 16.4. The van der Waals surface area contributed by atoms with Gasteiger partial charge in [-0.2, -0.15) is 0 Å². The highest BCUT2D eigenvalue weighted by Crippen LogP contribution is 2.67. The molecule has 8 saturated carbocycles. The predicted molar refractivity (Wildman–Crippen MR) is 152 cm³/mol. The molecule has 0 amide bonds. The van der Waals surface area contributed by atoms with E-state index in [0.29, 0.717) is 55.5 Å². The highest BCUT2D eigenvalue weighted by Gasteiger charge is 2.66. The monoisotopic (exact) mass is 566 g/mol. The molecular weight excluding hydrogens is 516 g/mol. The van der Waals surface area contributed by atoms with Crippen molar-refractivity contribution in [3.8, 4) is 0 Å². The lowest BCUT2D eigenvalue weighted by molar-refractivity contribution is -0.166. The molecule has 6 heteroatoms. The van der Waals surface area contributed by atoms with Gasteiger partial charge in [-0.3, -0.25) is 19.2 Å². The molecule has 6 nitrogen and oxygen atoms in total. The molecule has 41 heavy (non-hydrogen) atoms. The van der Waals surface area contributed by atoms with Crippen molar-refractivity contribution >= 4 is 23.3 Å². The average Bonchev–Trinajstić information content (AvgIpc) is 3.49. The van der Waals surface area contributed by atoms with Gasteiger partial charge < -0.3 is 9.47 Å². The Hall–Kier alpha value is -1.56. The van der Waals surface area contributed by atoms with E-state index in [1.54, 1.807) is 0 Å². The molecule has 8 fully saturated rings. The smallest absolute Gasteiger partial charge is 0.307 e. The Morgan fingerprint density at radius 2 is 1.71 bits per heavy atom. The lowest BCUT2D eigenvalue weighted by atomic mass is 9.44. The molecule has 0 aromatic rings. The van der Waals surface area contributed by atoms with Crippen LogP contribution in [0.5, 0.6) is 0 Å². The Balaban J connectivity index is 0.932. The summed E-state index contributed by atoms with van der Waals surface area (Å²) in [5, 5.41) is 0. The summed E-state index contributed by atoms with van der Waals surface area (Å²) in [5.41, 5.74) is -0.244. The van der Waals surface area contributed by atoms with Gasteiger partial charge in [-0.15, -0.1) is 0 Å². The van der Waals surface area contributed by atoms with Crippen LogP contribution in [-0.4, -0.2) is 36.7 Å². The summed E-state index contributed by atoms with van der Waals surface area (Å²) in [5.74, 6) is 3.88. The van der Waals surface area contributed by atoms with Crippen molar-refractivity contribution in [1.29, 1.82) is 0 Å². The van der Waals surface area contributed by atoms with E-state index in [4.69, 9.17) is 9.47 Å². The van der Waals surface area contributed by atoms with Crippen LogP contribution in [0.15, 0.2) is 0 Å². The normalized spacial score (nSPS) is 48.6. The lowest BCUT2D eigenvalue weighted by Gasteiger charge is -2.58. The van der Waals surface area contributed by atoms with Gasteiger partial charge in [-0.05, 0) is 116 Å². The van der Waals surface area contributed by atoms with Crippen molar-refractivity contribution in [2.75, 3.05) is 13.4 Å². The molecule has 8 aliphatic carbocycles. The number of esters is 1. The Bertz CT molecular complexity index is 1110. The summed E-state index contributed by atoms with van der Waals surface area (Å²) in [6.07, 6.45) is 12.5. The summed E-state index contributed by atoms with van der Waals surface area (Å²) in [6, 6.07) is 0. The van der Waals surface area contributed by atoms with Gasteiger partial charge in [0.05, 0.1) is 6.61 Å². The second-order valence-electron chi connectivity index (χ2n) is 16.4. The topological polar surface area (TPSA) is 86.7 Å². The van der Waals surface area contributed by atoms with Crippen molar-refractivity contribution in [2.24, 2.45) is 69.5 Å². The number of fused-ring (bicyclic) bond motifs is 5. The van der Waals surface area contributed by atoms with Crippen molar-refractivity contribution in [3.63, 3.8) is 0 Å². The number of Topliss-reactive ketones (excluding diaryl/α,β-unsaturated/α-hetero) is 3. The molecule has 0 N–H and O–H groups in total. The molecule has 0 aliphatic heterocycles. The summed E-state index contributed by atoms with van der Waals surface area (Å²) < 4.78 is 11.5. The molecule has 10 unspecified atom stereocenters. The number of rotatable bonds is 8. The molecule has 0 spiro atoms. The Labute approximate surface area is 245 Å². The molecule has 0 aromatic carbocycles. The Kier molecular flexibility index (Phi) is 6.88. The van der Waals surface area contributed by atoms with Gasteiger partial charge in [0.25, 0.3) is 0 Å². The zero-order valence-corrected chi connectivity index (χ0v) is 25.5. The Morgan fingerprint density at radius 1 is 0.951 bits per heavy atom. The minimum absolute atomic E-state index is 0.0509. The number of ether oxygens (including phenoxy) is 2. The molecule has 0 heterocycles. The highest BCUT2D eigenvalue weighted by molar-refractivity contribution is 5.93. The average molecular weight is 567 g/mol. The van der Waals surface area contributed by atoms with Crippen molar-refractivity contribution in [2.45, 2.75) is 111 Å². The van der Waals surface area contributed by atoms with E-state index in [1.165, 1.54) is 32.1 Å². The van der Waals surface area contributed by atoms with Crippen LogP contribution < -0.4 is 0 Å². The quantitative estimate of drug-likeness (QED) is 0.194. The second kappa shape index (κ2) is 9.99. The fraction of sp³-hybridized carbons (Fsp3) is 0.886. The minimum Gasteiger partial charge on any atom is -0.438 e. The first-order valence-electron chi connectivity index (χ1n) is 16.8. The lowest BCUT2D eigenvalue weighted by Crippen LogP contribution is -2.60. The zero-order chi connectivity index (χ0) is 28.7. The van der Waals surface area contributed by atoms with Crippen molar-refractivity contribution in [1.82, 2.24) is 0 Å². The van der Waals surface area contributed by atoms with Crippen LogP contribution in [-0.2, 0) is 28.7 Å². The molecule has 0 aromatic heterocycles. The van der Waals surface area contributed by atoms with E-state index >= 15 is 0 Å². The maximum absolute atomic E-state index is 14.0. The molecule has 0 saturated heterocycles. The van der Waals surface area contributed by atoms with E-state index in [1.807, 2.05) is 0 Å². The fourth-order valence-electron chi connectivity index (χ4n) is 12.6. The van der Waals surface area contributed by atoms with Crippen LogP contribution in [0.3, 0.4) is 0 Å². The van der Waals surface area contributed by atoms with Crippen LogP contribution in [0, 0.1) is 69.5 Å². The molecule has 10 atom stereocenters. The van der Waals surface area contributed by atoms with Gasteiger partial charge >= 0.3 is 5.97 Å². The maximum Gasteiger partial charge on any atom is 0.307 e. The van der Waals surface area contributed by atoms with Crippen LogP contribution >= 0.6 is 0 Å². The van der Waals surface area contributed by atoms with Gasteiger partial charge in [0.2, 0.25) is 0 Å². The zero-order valence-electron chi connectivity index (χ0n) is 25.5. The number of carbonyl (C=O) groups is 4. The first-order chi connectivity index (χ1) is 19.5. The van der Waals surface area contributed by atoms with E-state index < -0.39 is 5.41 Å². The van der Waals surface area contributed by atoms with Gasteiger partial charge in [0, 0.05) is 43.4 Å². The van der Waals surface area contributed by atoms with E-state index in [9.17, 15) is 19.2 Å². The number of ketones is 3. The largest absolute Gasteiger partial charge is 0.438 e. The van der Waals surface area contributed by atoms with Crippen LogP contribution in [0.2, 0.25) is 0 Å². The third-order valence-electron chi connectivity index (χ3n) is 14.6. The number of carbonyl (C=O) groups excluding carboxylic acids is 4. The molecule has 226 valence electrons. The number of hydrogen-bond acceptors (Lipinski definition) is 6. The molecule has 4 bridgehead atoms. The fourth-order valence-corrected chi connectivity index (χ4v) is 12.6. The summed E-state index contributed by atoms with van der Waals surface area (Å²) >= 11 is 0. The Morgan fingerprint density at radius 3 is 2.46 bits per heavy atom. The highest BCUT2D eigenvalue weighted by atomic mass is 16.7.